The van der Waals surface area contributed by atoms with E-state index >= 15 is 0 Å². The van der Waals surface area contributed by atoms with Crippen molar-refractivity contribution in [3.8, 4) is 0 Å². The number of hydrogen-bond donors (Lipinski definition) is 3. The molecule has 0 saturated carbocycles. The molecular weight excluding hydrogens is 172 g/mol. The number of carboxylic acid groups (broad SMARTS) is 2. The summed E-state index contributed by atoms with van der Waals surface area (Å²) in [7, 11) is 0. The van der Waals surface area contributed by atoms with Gasteiger partial charge in [-0.1, -0.05) is 30.3 Å². The van der Waals surface area contributed by atoms with Crippen LogP contribution in [0.15, 0.2) is 36.6 Å². The zero-order valence-electron chi connectivity index (χ0n) is 6.79. The topological polar surface area (TPSA) is 77.8 Å². The van der Waals surface area contributed by atoms with Gasteiger partial charge in [0.05, 0.1) is 6.26 Å². The summed E-state index contributed by atoms with van der Waals surface area (Å²) in [5, 5.41) is 22.3. The maximum Gasteiger partial charge on any atom is 0.503 e. The first kappa shape index (κ1) is 11.0. The normalized spacial score (nSPS) is 8.92. The summed E-state index contributed by atoms with van der Waals surface area (Å²) < 4.78 is 0. The molecule has 0 aromatic heterocycles. The molecule has 0 heterocycles. The van der Waals surface area contributed by atoms with Gasteiger partial charge in [0, 0.05) is 0 Å². The molecule has 1 aromatic carbocycles. The predicted molar refractivity (Wildman–Crippen MR) is 48.8 cm³/mol. The van der Waals surface area contributed by atoms with Gasteiger partial charge in [0.1, 0.15) is 0 Å². The average molecular weight is 182 g/mol. The average Bonchev–Trinajstić information content (AvgIpc) is 2.06. The van der Waals surface area contributed by atoms with E-state index in [4.69, 9.17) is 20.1 Å². The lowest BCUT2D eigenvalue weighted by Gasteiger charge is -1.86. The van der Waals surface area contributed by atoms with Crippen molar-refractivity contribution >= 4 is 12.2 Å². The van der Waals surface area contributed by atoms with E-state index in [2.05, 4.69) is 0 Å². The zero-order chi connectivity index (χ0) is 10.1. The first-order chi connectivity index (χ1) is 6.16. The van der Waals surface area contributed by atoms with Crippen LogP contribution in [0.25, 0.3) is 6.08 Å². The molecule has 0 amide bonds. The molecule has 4 heteroatoms. The molecule has 4 nitrogen and oxygen atoms in total. The summed E-state index contributed by atoms with van der Waals surface area (Å²) in [6.07, 6.45) is 0.843. The number of carbonyl (C=O) groups is 1. The Morgan fingerprint density at radius 3 is 2.00 bits per heavy atom. The highest BCUT2D eigenvalue weighted by atomic mass is 16.6. The van der Waals surface area contributed by atoms with E-state index < -0.39 is 6.16 Å². The van der Waals surface area contributed by atoms with Gasteiger partial charge >= 0.3 is 6.16 Å². The second-order valence-electron chi connectivity index (χ2n) is 2.01. The summed E-state index contributed by atoms with van der Waals surface area (Å²) in [5.41, 5.74) is 1.01. The monoisotopic (exact) mass is 182 g/mol. The Bertz CT molecular complexity index is 262. The molecule has 0 fully saturated rings. The molecule has 0 saturated heterocycles. The summed E-state index contributed by atoms with van der Waals surface area (Å²) >= 11 is 0. The van der Waals surface area contributed by atoms with Gasteiger partial charge in [0.25, 0.3) is 0 Å². The third-order valence-electron chi connectivity index (χ3n) is 1.07. The fourth-order valence-corrected chi connectivity index (χ4v) is 0.650. The molecule has 3 N–H and O–H groups in total. The maximum atomic E-state index is 8.56. The Hall–Kier alpha value is -1.97. The molecule has 0 radical (unpaired) electrons. The van der Waals surface area contributed by atoms with Crippen molar-refractivity contribution in [1.82, 2.24) is 0 Å². The van der Waals surface area contributed by atoms with Crippen molar-refractivity contribution in [3.63, 3.8) is 0 Å². The van der Waals surface area contributed by atoms with E-state index in [0.29, 0.717) is 0 Å². The van der Waals surface area contributed by atoms with Gasteiger partial charge in [-0.3, -0.25) is 0 Å². The maximum absolute atomic E-state index is 8.56. The third-order valence-corrected chi connectivity index (χ3v) is 1.07. The van der Waals surface area contributed by atoms with E-state index in [9.17, 15) is 0 Å². The molecule has 0 aliphatic carbocycles. The summed E-state index contributed by atoms with van der Waals surface area (Å²) in [6.45, 7) is 0. The van der Waals surface area contributed by atoms with Gasteiger partial charge in [-0.05, 0) is 11.6 Å². The third kappa shape index (κ3) is 7.93. The number of rotatable bonds is 1. The minimum atomic E-state index is -1.83. The smallest absolute Gasteiger partial charge is 0.503 e. The number of aliphatic hydroxyl groups excluding tert-OH is 1. The molecule has 0 aliphatic heterocycles. The predicted octanol–water partition coefficient (Wildman–Crippen LogP) is 2.44. The summed E-state index contributed by atoms with van der Waals surface area (Å²) in [6, 6.07) is 9.64. The number of hydrogen-bond acceptors (Lipinski definition) is 2. The molecule has 70 valence electrons. The Morgan fingerprint density at radius 2 is 1.62 bits per heavy atom. The lowest BCUT2D eigenvalue weighted by atomic mass is 10.2. The first-order valence-electron chi connectivity index (χ1n) is 3.44. The largest absolute Gasteiger partial charge is 0.516 e. The van der Waals surface area contributed by atoms with Crippen molar-refractivity contribution in [3.05, 3.63) is 42.2 Å². The van der Waals surface area contributed by atoms with Gasteiger partial charge in [0.15, 0.2) is 0 Å². The van der Waals surface area contributed by atoms with Crippen molar-refractivity contribution in [2.45, 2.75) is 0 Å². The highest BCUT2D eigenvalue weighted by molar-refractivity contribution is 5.53. The molecule has 0 atom stereocenters. The Morgan fingerprint density at radius 1 is 1.15 bits per heavy atom. The molecule has 0 unspecified atom stereocenters. The fraction of sp³-hybridized carbons (Fsp3) is 0. The number of benzene rings is 1. The fourth-order valence-electron chi connectivity index (χ4n) is 0.650. The minimum absolute atomic E-state index is 1.01. The second kappa shape index (κ2) is 6.72. The van der Waals surface area contributed by atoms with Gasteiger partial charge in [-0.15, -0.1) is 0 Å². The van der Waals surface area contributed by atoms with Crippen LogP contribution in [-0.4, -0.2) is 21.5 Å². The van der Waals surface area contributed by atoms with Gasteiger partial charge in [-0.25, -0.2) is 4.79 Å². The van der Waals surface area contributed by atoms with E-state index in [1.165, 1.54) is 0 Å². The Balaban J connectivity index is 0.000000310. The van der Waals surface area contributed by atoms with Crippen molar-refractivity contribution in [2.24, 2.45) is 0 Å². The zero-order valence-corrected chi connectivity index (χ0v) is 6.79. The summed E-state index contributed by atoms with van der Waals surface area (Å²) in [5.74, 6) is 0. The standard InChI is InChI=1S/C8H8O.CH2O3/c9-7-6-8-4-2-1-3-5-8;2-1(3)4/h1-7,9H;(H2,2,3,4). The minimum Gasteiger partial charge on any atom is -0.516 e. The molecular formula is C9H10O4. The first-order valence-corrected chi connectivity index (χ1v) is 3.44. The Labute approximate surface area is 75.4 Å². The Kier molecular flexibility index (Phi) is 5.70. The van der Waals surface area contributed by atoms with Crippen LogP contribution < -0.4 is 0 Å². The van der Waals surface area contributed by atoms with Crippen molar-refractivity contribution < 1.29 is 20.1 Å². The highest BCUT2D eigenvalue weighted by Crippen LogP contribution is 1.98. The van der Waals surface area contributed by atoms with E-state index in [-0.39, 0.29) is 0 Å². The van der Waals surface area contributed by atoms with Crippen LogP contribution in [0.4, 0.5) is 4.79 Å². The highest BCUT2D eigenvalue weighted by Gasteiger charge is 1.78. The SMILES string of the molecule is O=C(O)O.OC=Cc1ccccc1. The second-order valence-corrected chi connectivity index (χ2v) is 2.01. The molecule has 13 heavy (non-hydrogen) atoms. The van der Waals surface area contributed by atoms with Crippen molar-refractivity contribution in [2.75, 3.05) is 0 Å². The van der Waals surface area contributed by atoms with E-state index in [1.807, 2.05) is 30.3 Å². The van der Waals surface area contributed by atoms with Gasteiger partial charge in [0.2, 0.25) is 0 Å². The van der Waals surface area contributed by atoms with Crippen LogP contribution in [0, 0.1) is 0 Å². The lowest BCUT2D eigenvalue weighted by molar-refractivity contribution is 0.137. The van der Waals surface area contributed by atoms with Crippen LogP contribution in [0.5, 0.6) is 0 Å². The van der Waals surface area contributed by atoms with Crippen LogP contribution in [0.2, 0.25) is 0 Å². The van der Waals surface area contributed by atoms with Crippen LogP contribution in [0.3, 0.4) is 0 Å². The quantitative estimate of drug-likeness (QED) is 0.583. The number of aliphatic hydroxyl groups is 1. The van der Waals surface area contributed by atoms with Crippen LogP contribution in [0.1, 0.15) is 5.56 Å². The molecule has 1 rings (SSSR count). The van der Waals surface area contributed by atoms with Gasteiger partial charge in [-0.2, -0.15) is 0 Å². The molecule has 0 spiro atoms. The van der Waals surface area contributed by atoms with Crippen molar-refractivity contribution in [1.29, 1.82) is 0 Å². The van der Waals surface area contributed by atoms with E-state index in [0.717, 1.165) is 11.8 Å². The van der Waals surface area contributed by atoms with Crippen LogP contribution in [-0.2, 0) is 0 Å². The lowest BCUT2D eigenvalue weighted by Crippen LogP contribution is -1.81. The molecule has 0 aliphatic rings. The molecule has 0 bridgehead atoms. The molecule has 1 aromatic rings. The summed E-state index contributed by atoms with van der Waals surface area (Å²) in [4.78, 5) is 8.56. The van der Waals surface area contributed by atoms with Crippen LogP contribution >= 0.6 is 0 Å². The van der Waals surface area contributed by atoms with E-state index in [1.54, 1.807) is 6.08 Å². The van der Waals surface area contributed by atoms with Gasteiger partial charge < -0.3 is 15.3 Å².